The number of alkyl carbamates (subject to hydrolysis) is 1. The number of benzene rings is 3. The molecule has 0 aliphatic carbocycles. The van der Waals surface area contributed by atoms with E-state index in [2.05, 4.69) is 99.2 Å². The highest BCUT2D eigenvalue weighted by Crippen LogP contribution is 2.40. The van der Waals surface area contributed by atoms with Gasteiger partial charge in [-0.2, -0.15) is 0 Å². The third-order valence-corrected chi connectivity index (χ3v) is 6.84. The summed E-state index contributed by atoms with van der Waals surface area (Å²) in [5, 5.41) is 5.26. The monoisotopic (exact) mass is 579 g/mol. The first-order chi connectivity index (χ1) is 20.6. The number of aromatic nitrogens is 2. The Morgan fingerprint density at radius 2 is 1.35 bits per heavy atom. The minimum atomic E-state index is -0.676. The van der Waals surface area contributed by atoms with Crippen molar-refractivity contribution in [2.75, 3.05) is 6.54 Å². The number of hydrogen-bond acceptors (Lipinski definition) is 5. The highest BCUT2D eigenvalue weighted by Gasteiger charge is 2.38. The standard InChI is InChI=1S/C35H41N5O3/c1-26(2)31(41)38-32(39-33(42)43-34(3,4)5)36-23-15-22-30-24-40(25-37-30)35(27-16-9-6-10-17-27,28-18-11-7-12-19-28)29-20-13-8-14-21-29/h6-14,16-21,24-26H,15,22-23H2,1-5H3,(H2,36,38,39,41,42). The fourth-order valence-electron chi connectivity index (χ4n) is 4.88. The summed E-state index contributed by atoms with van der Waals surface area (Å²) < 4.78 is 7.52. The number of guanidine groups is 1. The van der Waals surface area contributed by atoms with Crippen LogP contribution in [0.25, 0.3) is 0 Å². The van der Waals surface area contributed by atoms with E-state index in [0.717, 1.165) is 22.4 Å². The van der Waals surface area contributed by atoms with Crippen molar-refractivity contribution in [3.63, 3.8) is 0 Å². The first-order valence-electron chi connectivity index (χ1n) is 14.6. The van der Waals surface area contributed by atoms with E-state index in [1.165, 1.54) is 0 Å². The van der Waals surface area contributed by atoms with Crippen molar-refractivity contribution in [1.29, 1.82) is 0 Å². The van der Waals surface area contributed by atoms with Gasteiger partial charge < -0.3 is 9.30 Å². The summed E-state index contributed by atoms with van der Waals surface area (Å²) in [6.07, 6.45) is 4.63. The summed E-state index contributed by atoms with van der Waals surface area (Å²) in [5.74, 6) is -0.434. The minimum absolute atomic E-state index is 0.0785. The lowest BCUT2D eigenvalue weighted by atomic mass is 9.77. The number of nitrogens with one attached hydrogen (secondary N) is 2. The fourth-order valence-corrected chi connectivity index (χ4v) is 4.88. The summed E-state index contributed by atoms with van der Waals surface area (Å²) >= 11 is 0. The summed E-state index contributed by atoms with van der Waals surface area (Å²) in [4.78, 5) is 33.9. The zero-order valence-corrected chi connectivity index (χ0v) is 25.6. The number of rotatable bonds is 9. The lowest BCUT2D eigenvalue weighted by molar-refractivity contribution is -0.122. The Hall–Kier alpha value is -4.72. The topological polar surface area (TPSA) is 97.6 Å². The van der Waals surface area contributed by atoms with E-state index in [4.69, 9.17) is 9.72 Å². The Morgan fingerprint density at radius 3 is 1.81 bits per heavy atom. The highest BCUT2D eigenvalue weighted by molar-refractivity contribution is 6.03. The van der Waals surface area contributed by atoms with E-state index in [1.54, 1.807) is 34.6 Å². The highest BCUT2D eigenvalue weighted by atomic mass is 16.6. The molecule has 4 aromatic rings. The van der Waals surface area contributed by atoms with Gasteiger partial charge in [-0.3, -0.25) is 20.4 Å². The maximum absolute atomic E-state index is 12.3. The molecule has 0 saturated heterocycles. The van der Waals surface area contributed by atoms with Gasteiger partial charge in [0.25, 0.3) is 0 Å². The quantitative estimate of drug-likeness (QED) is 0.105. The SMILES string of the molecule is CC(C)C(=O)NC(=NCCCc1cn(C(c2ccccc2)(c2ccccc2)c2ccccc2)cn1)NC(=O)OC(C)(C)C. The molecule has 0 aliphatic heterocycles. The smallest absolute Gasteiger partial charge is 0.414 e. The number of nitrogens with zero attached hydrogens (tertiary/aromatic N) is 3. The number of amides is 2. The largest absolute Gasteiger partial charge is 0.444 e. The molecule has 4 rings (SSSR count). The molecule has 0 fully saturated rings. The number of ether oxygens (including phenoxy) is 1. The molecule has 8 heteroatoms. The van der Waals surface area contributed by atoms with Crippen LogP contribution in [0.15, 0.2) is 109 Å². The van der Waals surface area contributed by atoms with Gasteiger partial charge in [-0.15, -0.1) is 0 Å². The molecule has 3 aromatic carbocycles. The van der Waals surface area contributed by atoms with Gasteiger partial charge in [-0.1, -0.05) is 105 Å². The van der Waals surface area contributed by atoms with Crippen LogP contribution in [0.2, 0.25) is 0 Å². The third-order valence-electron chi connectivity index (χ3n) is 6.84. The van der Waals surface area contributed by atoms with Crippen LogP contribution in [0.4, 0.5) is 4.79 Å². The van der Waals surface area contributed by atoms with Gasteiger partial charge in [0.1, 0.15) is 11.1 Å². The average Bonchev–Trinajstić information content (AvgIpc) is 3.45. The van der Waals surface area contributed by atoms with Gasteiger partial charge in [0, 0.05) is 18.7 Å². The number of imidazole rings is 1. The van der Waals surface area contributed by atoms with E-state index in [-0.39, 0.29) is 17.8 Å². The molecular formula is C35H41N5O3. The number of aryl methyl sites for hydroxylation is 1. The van der Waals surface area contributed by atoms with E-state index in [0.29, 0.717) is 19.4 Å². The molecule has 0 bridgehead atoms. The zero-order chi connectivity index (χ0) is 30.9. The Bertz CT molecular complexity index is 1410. The van der Waals surface area contributed by atoms with Crippen molar-refractivity contribution in [1.82, 2.24) is 20.2 Å². The summed E-state index contributed by atoms with van der Waals surface area (Å²) in [7, 11) is 0. The van der Waals surface area contributed by atoms with Crippen LogP contribution >= 0.6 is 0 Å². The molecule has 0 radical (unpaired) electrons. The number of hydrogen-bond donors (Lipinski definition) is 2. The Balaban J connectivity index is 1.59. The first kappa shape index (κ1) is 31.2. The Morgan fingerprint density at radius 1 is 0.837 bits per heavy atom. The van der Waals surface area contributed by atoms with Gasteiger partial charge >= 0.3 is 6.09 Å². The average molecular weight is 580 g/mol. The van der Waals surface area contributed by atoms with Crippen LogP contribution in [0.1, 0.15) is 63.4 Å². The molecular weight excluding hydrogens is 538 g/mol. The molecule has 2 amide bonds. The number of carbonyl (C=O) groups excluding carboxylic acids is 2. The second-order valence-corrected chi connectivity index (χ2v) is 11.7. The molecule has 43 heavy (non-hydrogen) atoms. The van der Waals surface area contributed by atoms with E-state index < -0.39 is 17.2 Å². The summed E-state index contributed by atoms with van der Waals surface area (Å²) in [5.41, 5.74) is 2.98. The van der Waals surface area contributed by atoms with Crippen LogP contribution in [-0.4, -0.2) is 39.7 Å². The first-order valence-corrected chi connectivity index (χ1v) is 14.6. The van der Waals surface area contributed by atoms with Crippen LogP contribution in [0, 0.1) is 5.92 Å². The minimum Gasteiger partial charge on any atom is -0.444 e. The molecule has 224 valence electrons. The van der Waals surface area contributed by atoms with Crippen molar-refractivity contribution < 1.29 is 14.3 Å². The summed E-state index contributed by atoms with van der Waals surface area (Å²) in [6, 6.07) is 31.4. The van der Waals surface area contributed by atoms with Gasteiger partial charge in [0.15, 0.2) is 0 Å². The molecule has 0 spiro atoms. The van der Waals surface area contributed by atoms with Crippen LogP contribution in [0.5, 0.6) is 0 Å². The summed E-state index contributed by atoms with van der Waals surface area (Å²) in [6.45, 7) is 9.25. The van der Waals surface area contributed by atoms with Crippen LogP contribution in [-0.2, 0) is 21.5 Å². The Kier molecular flexibility index (Phi) is 10.1. The van der Waals surface area contributed by atoms with Gasteiger partial charge in [0.05, 0.1) is 12.0 Å². The van der Waals surface area contributed by atoms with E-state index in [1.807, 2.05) is 24.5 Å². The molecule has 1 aromatic heterocycles. The van der Waals surface area contributed by atoms with Crippen LogP contribution in [0.3, 0.4) is 0 Å². The van der Waals surface area contributed by atoms with E-state index >= 15 is 0 Å². The van der Waals surface area contributed by atoms with Gasteiger partial charge in [-0.05, 0) is 50.3 Å². The molecule has 2 N–H and O–H groups in total. The molecule has 8 nitrogen and oxygen atoms in total. The second kappa shape index (κ2) is 14.0. The number of aliphatic imine (C=N–C) groups is 1. The predicted molar refractivity (Wildman–Crippen MR) is 170 cm³/mol. The maximum atomic E-state index is 12.3. The van der Waals surface area contributed by atoms with Gasteiger partial charge in [0.2, 0.25) is 11.9 Å². The van der Waals surface area contributed by atoms with Crippen molar-refractivity contribution in [3.05, 3.63) is 126 Å². The molecule has 0 unspecified atom stereocenters. The van der Waals surface area contributed by atoms with Crippen molar-refractivity contribution in [3.8, 4) is 0 Å². The maximum Gasteiger partial charge on any atom is 0.414 e. The molecule has 0 saturated carbocycles. The third kappa shape index (κ3) is 7.97. The normalized spacial score (nSPS) is 12.2. The van der Waals surface area contributed by atoms with Crippen LogP contribution < -0.4 is 10.6 Å². The van der Waals surface area contributed by atoms with E-state index in [9.17, 15) is 9.59 Å². The molecule has 0 aliphatic rings. The Labute approximate surface area is 254 Å². The lowest BCUT2D eigenvalue weighted by Gasteiger charge is -2.37. The predicted octanol–water partition coefficient (Wildman–Crippen LogP) is 6.31. The van der Waals surface area contributed by atoms with Crippen molar-refractivity contribution >= 4 is 18.0 Å². The van der Waals surface area contributed by atoms with Gasteiger partial charge in [-0.25, -0.2) is 9.78 Å². The van der Waals surface area contributed by atoms with Crippen molar-refractivity contribution in [2.24, 2.45) is 10.9 Å². The second-order valence-electron chi connectivity index (χ2n) is 11.7. The number of carbonyl (C=O) groups is 2. The molecule has 1 heterocycles. The zero-order valence-electron chi connectivity index (χ0n) is 25.6. The fraction of sp³-hybridized carbons (Fsp3) is 0.314. The van der Waals surface area contributed by atoms with Crippen molar-refractivity contribution in [2.45, 2.75) is 58.6 Å². The lowest BCUT2D eigenvalue weighted by Crippen LogP contribution is -2.47. The molecule has 0 atom stereocenters.